The molecule has 2 aromatic rings. The van der Waals surface area contributed by atoms with Crippen molar-refractivity contribution in [3.8, 4) is 5.75 Å². The van der Waals surface area contributed by atoms with Gasteiger partial charge in [-0.15, -0.1) is 11.8 Å². The van der Waals surface area contributed by atoms with Crippen LogP contribution in [0.2, 0.25) is 5.02 Å². The summed E-state index contributed by atoms with van der Waals surface area (Å²) in [5.74, 6) is 1.38. The maximum Gasteiger partial charge on any atom is 0.242 e. The van der Waals surface area contributed by atoms with Crippen LogP contribution in [0.4, 0.5) is 0 Å². The van der Waals surface area contributed by atoms with Gasteiger partial charge in [0, 0.05) is 28.9 Å². The number of methoxy groups -OCH3 is 1. The summed E-state index contributed by atoms with van der Waals surface area (Å²) in [4.78, 5) is 28.7. The first-order valence-corrected chi connectivity index (χ1v) is 12.3. The molecule has 0 aliphatic heterocycles. The number of nitrogens with one attached hydrogen (secondary N) is 1. The van der Waals surface area contributed by atoms with Gasteiger partial charge in [-0.2, -0.15) is 0 Å². The van der Waals surface area contributed by atoms with Crippen LogP contribution in [0.5, 0.6) is 5.75 Å². The third-order valence-electron chi connectivity index (χ3n) is 5.27. The minimum absolute atomic E-state index is 0.0312. The highest BCUT2D eigenvalue weighted by Crippen LogP contribution is 2.22. The molecule has 0 unspecified atom stereocenters. The van der Waals surface area contributed by atoms with E-state index in [0.29, 0.717) is 18.0 Å². The van der Waals surface area contributed by atoms with Crippen molar-refractivity contribution in [1.82, 2.24) is 10.2 Å². The summed E-state index contributed by atoms with van der Waals surface area (Å²) in [5, 5.41) is 3.70. The summed E-state index contributed by atoms with van der Waals surface area (Å²) in [5.41, 5.74) is 0.927. The SMILES string of the molecule is CC[C@@H](C)NC(=O)[C@H](C)N(Cc1cccc(OC)c1)C(=O)CCCSc1ccc(Cl)cc1. The summed E-state index contributed by atoms with van der Waals surface area (Å²) < 4.78 is 5.31. The lowest BCUT2D eigenvalue weighted by Gasteiger charge is -2.30. The lowest BCUT2D eigenvalue weighted by Crippen LogP contribution is -2.49. The smallest absolute Gasteiger partial charge is 0.242 e. The van der Waals surface area contributed by atoms with Crippen LogP contribution in [-0.2, 0) is 16.1 Å². The number of halogens is 1. The number of hydrogen-bond donors (Lipinski definition) is 1. The van der Waals surface area contributed by atoms with Crippen LogP contribution in [0.25, 0.3) is 0 Å². The van der Waals surface area contributed by atoms with Gasteiger partial charge in [0.15, 0.2) is 0 Å². The van der Waals surface area contributed by atoms with Gasteiger partial charge < -0.3 is 15.0 Å². The topological polar surface area (TPSA) is 58.6 Å². The van der Waals surface area contributed by atoms with Crippen molar-refractivity contribution in [1.29, 1.82) is 0 Å². The first-order chi connectivity index (χ1) is 15.3. The molecule has 2 aromatic carbocycles. The van der Waals surface area contributed by atoms with Gasteiger partial charge in [0.05, 0.1) is 7.11 Å². The third kappa shape index (κ3) is 8.40. The van der Waals surface area contributed by atoms with E-state index in [1.165, 1.54) is 0 Å². The molecule has 2 amide bonds. The summed E-state index contributed by atoms with van der Waals surface area (Å²) in [6.45, 7) is 6.13. The predicted octanol–water partition coefficient (Wildman–Crippen LogP) is 5.55. The molecule has 32 heavy (non-hydrogen) atoms. The molecule has 0 saturated carbocycles. The van der Waals surface area contributed by atoms with Crippen molar-refractivity contribution < 1.29 is 14.3 Å². The number of carbonyl (C=O) groups excluding carboxylic acids is 2. The van der Waals surface area contributed by atoms with Gasteiger partial charge in [0.2, 0.25) is 11.8 Å². The minimum Gasteiger partial charge on any atom is -0.497 e. The Labute approximate surface area is 200 Å². The molecule has 5 nitrogen and oxygen atoms in total. The monoisotopic (exact) mass is 476 g/mol. The fourth-order valence-electron chi connectivity index (χ4n) is 3.10. The Hall–Kier alpha value is -2.18. The van der Waals surface area contributed by atoms with Gasteiger partial charge in [0.1, 0.15) is 11.8 Å². The largest absolute Gasteiger partial charge is 0.497 e. The Bertz CT molecular complexity index is 876. The van der Waals surface area contributed by atoms with Crippen molar-refractivity contribution in [2.24, 2.45) is 0 Å². The van der Waals surface area contributed by atoms with E-state index in [2.05, 4.69) is 5.32 Å². The molecule has 0 aliphatic rings. The van der Waals surface area contributed by atoms with Crippen molar-refractivity contribution in [3.63, 3.8) is 0 Å². The van der Waals surface area contributed by atoms with Crippen molar-refractivity contribution in [3.05, 3.63) is 59.1 Å². The van der Waals surface area contributed by atoms with Gasteiger partial charge in [-0.1, -0.05) is 30.7 Å². The summed E-state index contributed by atoms with van der Waals surface area (Å²) in [6, 6.07) is 14.8. The molecule has 0 aliphatic carbocycles. The fraction of sp³-hybridized carbons (Fsp3) is 0.440. The second-order valence-electron chi connectivity index (χ2n) is 7.77. The number of nitrogens with zero attached hydrogens (tertiary/aromatic N) is 1. The predicted molar refractivity (Wildman–Crippen MR) is 132 cm³/mol. The van der Waals surface area contributed by atoms with E-state index in [1.54, 1.807) is 30.7 Å². The Balaban J connectivity index is 2.03. The minimum atomic E-state index is -0.563. The molecular weight excluding hydrogens is 444 g/mol. The quantitative estimate of drug-likeness (QED) is 0.322. The highest BCUT2D eigenvalue weighted by atomic mass is 35.5. The van der Waals surface area contributed by atoms with Crippen molar-refractivity contribution in [2.45, 2.75) is 63.6 Å². The number of thioether (sulfide) groups is 1. The molecular formula is C25H33ClN2O3S. The van der Waals surface area contributed by atoms with Gasteiger partial charge in [-0.25, -0.2) is 0 Å². The molecule has 0 radical (unpaired) electrons. The molecule has 0 aromatic heterocycles. The van der Waals surface area contributed by atoms with Crippen LogP contribution in [0.3, 0.4) is 0 Å². The molecule has 2 atom stereocenters. The maximum absolute atomic E-state index is 13.1. The van der Waals surface area contributed by atoms with Crippen LogP contribution in [0, 0.1) is 0 Å². The van der Waals surface area contributed by atoms with Crippen LogP contribution in [0.1, 0.15) is 45.6 Å². The zero-order valence-electron chi connectivity index (χ0n) is 19.3. The summed E-state index contributed by atoms with van der Waals surface area (Å²) in [7, 11) is 1.61. The molecule has 1 N–H and O–H groups in total. The number of hydrogen-bond acceptors (Lipinski definition) is 4. The summed E-state index contributed by atoms with van der Waals surface area (Å²) in [6.07, 6.45) is 1.94. The number of rotatable bonds is 12. The van der Waals surface area contributed by atoms with Crippen LogP contribution in [0.15, 0.2) is 53.4 Å². The Morgan fingerprint density at radius 1 is 1.16 bits per heavy atom. The van der Waals surface area contributed by atoms with Gasteiger partial charge in [-0.05, 0) is 74.4 Å². The number of carbonyl (C=O) groups is 2. The van der Waals surface area contributed by atoms with Gasteiger partial charge in [-0.3, -0.25) is 9.59 Å². The van der Waals surface area contributed by atoms with E-state index in [-0.39, 0.29) is 17.9 Å². The Morgan fingerprint density at radius 3 is 2.53 bits per heavy atom. The van der Waals surface area contributed by atoms with Crippen molar-refractivity contribution in [2.75, 3.05) is 12.9 Å². The normalized spacial score (nSPS) is 12.7. The maximum atomic E-state index is 13.1. The van der Waals surface area contributed by atoms with Gasteiger partial charge >= 0.3 is 0 Å². The molecule has 0 saturated heterocycles. The average molecular weight is 477 g/mol. The lowest BCUT2D eigenvalue weighted by molar-refractivity contribution is -0.140. The molecule has 2 rings (SSSR count). The van der Waals surface area contributed by atoms with E-state index in [1.807, 2.05) is 62.4 Å². The molecule has 0 heterocycles. The average Bonchev–Trinajstić information content (AvgIpc) is 2.80. The molecule has 0 fully saturated rings. The highest BCUT2D eigenvalue weighted by molar-refractivity contribution is 7.99. The van der Waals surface area contributed by atoms with Crippen LogP contribution in [-0.4, -0.2) is 41.7 Å². The third-order valence-corrected chi connectivity index (χ3v) is 6.62. The van der Waals surface area contributed by atoms with E-state index in [9.17, 15) is 9.59 Å². The van der Waals surface area contributed by atoms with E-state index in [0.717, 1.165) is 34.8 Å². The fourth-order valence-corrected chi connectivity index (χ4v) is 4.08. The van der Waals surface area contributed by atoms with Crippen LogP contribution >= 0.6 is 23.4 Å². The number of amides is 2. The summed E-state index contributed by atoms with van der Waals surface area (Å²) >= 11 is 7.62. The van der Waals surface area contributed by atoms with E-state index >= 15 is 0 Å². The number of benzene rings is 2. The zero-order valence-corrected chi connectivity index (χ0v) is 20.8. The van der Waals surface area contributed by atoms with Crippen LogP contribution < -0.4 is 10.1 Å². The first kappa shape index (κ1) is 26.1. The van der Waals surface area contributed by atoms with Gasteiger partial charge in [0.25, 0.3) is 0 Å². The standard InChI is InChI=1S/C25H33ClN2O3S/c1-5-18(2)27-25(30)19(3)28(17-20-8-6-9-22(16-20)31-4)24(29)10-7-15-32-23-13-11-21(26)12-14-23/h6,8-9,11-14,16,18-19H,5,7,10,15,17H2,1-4H3,(H,27,30)/t18-,19+/m1/s1. The zero-order chi connectivity index (χ0) is 23.5. The lowest BCUT2D eigenvalue weighted by atomic mass is 10.1. The van der Waals surface area contributed by atoms with Crippen molar-refractivity contribution >= 4 is 35.2 Å². The molecule has 0 bridgehead atoms. The van der Waals surface area contributed by atoms with E-state index in [4.69, 9.17) is 16.3 Å². The number of ether oxygens (including phenoxy) is 1. The first-order valence-electron chi connectivity index (χ1n) is 10.9. The van der Waals surface area contributed by atoms with E-state index < -0.39 is 6.04 Å². The molecule has 0 spiro atoms. The second kappa shape index (κ2) is 13.4. The second-order valence-corrected chi connectivity index (χ2v) is 9.38. The molecule has 174 valence electrons. The molecule has 7 heteroatoms. The Kier molecular flexibility index (Phi) is 10.9. The Morgan fingerprint density at radius 2 is 1.88 bits per heavy atom. The highest BCUT2D eigenvalue weighted by Gasteiger charge is 2.26.